The van der Waals surface area contributed by atoms with Crippen LogP contribution < -0.4 is 11.1 Å². The Balaban J connectivity index is 2.31. The summed E-state index contributed by atoms with van der Waals surface area (Å²) in [5.41, 5.74) is 5.44. The molecule has 1 saturated carbocycles. The zero-order valence-corrected chi connectivity index (χ0v) is 8.08. The van der Waals surface area contributed by atoms with Gasteiger partial charge in [-0.15, -0.1) is 0 Å². The Kier molecular flexibility index (Phi) is 2.25. The number of carbonyl (C=O) groups is 1. The smallest absolute Gasteiger partial charge is 0.254 e. The first-order valence-electron chi connectivity index (χ1n) is 4.25. The molecule has 1 aliphatic carbocycles. The Morgan fingerprint density at radius 1 is 1.64 bits per heavy atom. The van der Waals surface area contributed by atoms with E-state index < -0.39 is 5.91 Å². The van der Waals surface area contributed by atoms with Crippen LogP contribution in [0.2, 0.25) is 5.28 Å². The van der Waals surface area contributed by atoms with Gasteiger partial charge in [-0.3, -0.25) is 4.79 Å². The quantitative estimate of drug-likeness (QED) is 0.727. The first kappa shape index (κ1) is 9.21. The van der Waals surface area contributed by atoms with E-state index in [-0.39, 0.29) is 10.8 Å². The van der Waals surface area contributed by atoms with Crippen LogP contribution in [0.25, 0.3) is 0 Å². The first-order chi connectivity index (χ1) is 6.66. The molecular formula is C8H9ClN4O. The second kappa shape index (κ2) is 3.42. The van der Waals surface area contributed by atoms with Gasteiger partial charge in [-0.1, -0.05) is 0 Å². The first-order valence-corrected chi connectivity index (χ1v) is 4.63. The van der Waals surface area contributed by atoms with Crippen LogP contribution in [0, 0.1) is 0 Å². The molecule has 0 atom stereocenters. The average Bonchev–Trinajstić information content (AvgIpc) is 2.87. The Morgan fingerprint density at radius 3 is 2.93 bits per heavy atom. The molecule has 5 nitrogen and oxygen atoms in total. The lowest BCUT2D eigenvalue weighted by molar-refractivity contribution is 0.100. The maximum atomic E-state index is 11.0. The summed E-state index contributed by atoms with van der Waals surface area (Å²) in [4.78, 5) is 18.6. The Hall–Kier alpha value is -1.36. The summed E-state index contributed by atoms with van der Waals surface area (Å²) in [7, 11) is 0. The second-order valence-electron chi connectivity index (χ2n) is 3.18. The maximum Gasteiger partial charge on any atom is 0.254 e. The van der Waals surface area contributed by atoms with E-state index in [1.807, 2.05) is 0 Å². The van der Waals surface area contributed by atoms with Crippen LogP contribution in [0.5, 0.6) is 0 Å². The molecule has 0 unspecified atom stereocenters. The number of hydrogen-bond donors (Lipinski definition) is 2. The second-order valence-corrected chi connectivity index (χ2v) is 3.52. The number of amides is 1. The molecule has 1 aromatic heterocycles. The van der Waals surface area contributed by atoms with E-state index in [0.29, 0.717) is 11.9 Å². The Morgan fingerprint density at radius 2 is 2.36 bits per heavy atom. The summed E-state index contributed by atoms with van der Waals surface area (Å²) in [5.74, 6) is -0.121. The predicted molar refractivity (Wildman–Crippen MR) is 52.2 cm³/mol. The standard InChI is InChI=1S/C8H9ClN4O/c9-8-11-3-5(6(10)14)7(13-8)12-4-1-2-4/h3-4H,1-2H2,(H2,10,14)(H,11,12,13). The van der Waals surface area contributed by atoms with Gasteiger partial charge in [-0.25, -0.2) is 4.98 Å². The number of halogens is 1. The molecule has 0 aromatic carbocycles. The molecular weight excluding hydrogens is 204 g/mol. The van der Waals surface area contributed by atoms with E-state index in [1.165, 1.54) is 6.20 Å². The molecule has 0 aliphatic heterocycles. The van der Waals surface area contributed by atoms with Gasteiger partial charge >= 0.3 is 0 Å². The third-order valence-corrected chi connectivity index (χ3v) is 2.13. The molecule has 2 rings (SSSR count). The van der Waals surface area contributed by atoms with Crippen molar-refractivity contribution in [3.63, 3.8) is 0 Å². The number of rotatable bonds is 3. The van der Waals surface area contributed by atoms with Crippen molar-refractivity contribution < 1.29 is 4.79 Å². The molecule has 0 radical (unpaired) electrons. The fourth-order valence-electron chi connectivity index (χ4n) is 1.07. The van der Waals surface area contributed by atoms with Crippen LogP contribution in [-0.2, 0) is 0 Å². The van der Waals surface area contributed by atoms with Crippen molar-refractivity contribution in [1.29, 1.82) is 0 Å². The summed E-state index contributed by atoms with van der Waals surface area (Å²) in [6.45, 7) is 0. The van der Waals surface area contributed by atoms with Gasteiger partial charge < -0.3 is 11.1 Å². The molecule has 1 aliphatic rings. The molecule has 6 heteroatoms. The summed E-state index contributed by atoms with van der Waals surface area (Å²) in [6, 6.07) is 0.388. The van der Waals surface area contributed by atoms with Crippen LogP contribution in [-0.4, -0.2) is 21.9 Å². The van der Waals surface area contributed by atoms with Gasteiger partial charge in [0.1, 0.15) is 5.82 Å². The van der Waals surface area contributed by atoms with Crippen LogP contribution in [0.4, 0.5) is 5.82 Å². The van der Waals surface area contributed by atoms with E-state index in [4.69, 9.17) is 17.3 Å². The summed E-state index contributed by atoms with van der Waals surface area (Å²) >= 11 is 5.61. The molecule has 3 N–H and O–H groups in total. The van der Waals surface area contributed by atoms with Gasteiger partial charge in [-0.05, 0) is 24.4 Å². The number of hydrogen-bond acceptors (Lipinski definition) is 4. The lowest BCUT2D eigenvalue weighted by Crippen LogP contribution is -2.17. The molecule has 0 bridgehead atoms. The predicted octanol–water partition coefficient (Wildman–Crippen LogP) is 0.803. The highest BCUT2D eigenvalue weighted by Crippen LogP contribution is 2.25. The fraction of sp³-hybridized carbons (Fsp3) is 0.375. The third-order valence-electron chi connectivity index (χ3n) is 1.94. The lowest BCUT2D eigenvalue weighted by Gasteiger charge is -2.06. The van der Waals surface area contributed by atoms with E-state index in [2.05, 4.69) is 15.3 Å². The van der Waals surface area contributed by atoms with Crippen molar-refractivity contribution in [2.45, 2.75) is 18.9 Å². The average molecular weight is 213 g/mol. The van der Waals surface area contributed by atoms with Gasteiger partial charge in [0, 0.05) is 12.2 Å². The van der Waals surface area contributed by atoms with Crippen LogP contribution in [0.15, 0.2) is 6.20 Å². The van der Waals surface area contributed by atoms with Crippen molar-refractivity contribution in [3.05, 3.63) is 17.0 Å². The zero-order chi connectivity index (χ0) is 10.1. The Bertz CT molecular complexity index is 378. The maximum absolute atomic E-state index is 11.0. The molecule has 14 heavy (non-hydrogen) atoms. The normalized spacial score (nSPS) is 15.2. The van der Waals surface area contributed by atoms with Crippen molar-refractivity contribution >= 4 is 23.3 Å². The van der Waals surface area contributed by atoms with Crippen molar-refractivity contribution in [1.82, 2.24) is 9.97 Å². The molecule has 74 valence electrons. The SMILES string of the molecule is NC(=O)c1cnc(Cl)nc1NC1CC1. The Labute approximate surface area is 85.7 Å². The minimum absolute atomic E-state index is 0.109. The monoisotopic (exact) mass is 212 g/mol. The highest BCUT2D eigenvalue weighted by Gasteiger charge is 2.23. The number of nitrogens with zero attached hydrogens (tertiary/aromatic N) is 2. The number of carbonyl (C=O) groups excluding carboxylic acids is 1. The van der Waals surface area contributed by atoms with Gasteiger partial charge in [0.15, 0.2) is 0 Å². The summed E-state index contributed by atoms with van der Waals surface area (Å²) < 4.78 is 0. The van der Waals surface area contributed by atoms with Crippen molar-refractivity contribution in [2.75, 3.05) is 5.32 Å². The van der Waals surface area contributed by atoms with Gasteiger partial charge in [0.25, 0.3) is 5.91 Å². The fourth-order valence-corrected chi connectivity index (χ4v) is 1.20. The van der Waals surface area contributed by atoms with E-state index in [0.717, 1.165) is 12.8 Å². The van der Waals surface area contributed by atoms with Crippen molar-refractivity contribution in [2.24, 2.45) is 5.73 Å². The third kappa shape index (κ3) is 1.93. The molecule has 1 fully saturated rings. The lowest BCUT2D eigenvalue weighted by atomic mass is 10.3. The minimum atomic E-state index is -0.551. The summed E-state index contributed by atoms with van der Waals surface area (Å²) in [5, 5.41) is 3.18. The van der Waals surface area contributed by atoms with Gasteiger partial charge in [0.05, 0.1) is 5.56 Å². The molecule has 0 saturated heterocycles. The number of aromatic nitrogens is 2. The van der Waals surface area contributed by atoms with Gasteiger partial charge in [0.2, 0.25) is 5.28 Å². The van der Waals surface area contributed by atoms with Crippen LogP contribution >= 0.6 is 11.6 Å². The molecule has 1 amide bonds. The highest BCUT2D eigenvalue weighted by atomic mass is 35.5. The molecule has 0 spiro atoms. The topological polar surface area (TPSA) is 80.9 Å². The largest absolute Gasteiger partial charge is 0.367 e. The van der Waals surface area contributed by atoms with E-state index in [9.17, 15) is 4.79 Å². The number of nitrogens with two attached hydrogens (primary N) is 1. The number of anilines is 1. The van der Waals surface area contributed by atoms with E-state index in [1.54, 1.807) is 0 Å². The minimum Gasteiger partial charge on any atom is -0.367 e. The van der Waals surface area contributed by atoms with Crippen molar-refractivity contribution in [3.8, 4) is 0 Å². The van der Waals surface area contributed by atoms with Gasteiger partial charge in [-0.2, -0.15) is 4.98 Å². The number of primary amides is 1. The van der Waals surface area contributed by atoms with E-state index >= 15 is 0 Å². The van der Waals surface area contributed by atoms with Crippen LogP contribution in [0.1, 0.15) is 23.2 Å². The number of nitrogens with one attached hydrogen (secondary N) is 1. The molecule has 1 aromatic rings. The van der Waals surface area contributed by atoms with Crippen LogP contribution in [0.3, 0.4) is 0 Å². The molecule has 1 heterocycles. The highest BCUT2D eigenvalue weighted by molar-refractivity contribution is 6.28. The summed E-state index contributed by atoms with van der Waals surface area (Å²) in [6.07, 6.45) is 3.50. The zero-order valence-electron chi connectivity index (χ0n) is 7.33.